The maximum atomic E-state index is 12.3. The number of amides is 5. The quantitative estimate of drug-likeness (QED) is 0.310. The molecule has 1 heterocycles. The molecule has 0 radical (unpaired) electrons. The Labute approximate surface area is 162 Å². The summed E-state index contributed by atoms with van der Waals surface area (Å²) in [6.45, 7) is 0.484. The Morgan fingerprint density at radius 2 is 2.11 bits per heavy atom. The minimum atomic E-state index is -0.848. The maximum Gasteiger partial charge on any atom is 0.406 e. The maximum absolute atomic E-state index is 12.3. The fraction of sp³-hybridized carbons (Fsp3) is 0.643. The molecule has 0 aromatic heterocycles. The number of rotatable bonds is 7. The fourth-order valence-electron chi connectivity index (χ4n) is 2.27. The molecule has 27 heavy (non-hydrogen) atoms. The van der Waals surface area contributed by atoms with Crippen molar-refractivity contribution < 1.29 is 23.9 Å². The Hall–Kier alpha value is -2.60. The molecular weight excluding hydrogens is 382 g/mol. The monoisotopic (exact) mass is 407 g/mol. The van der Waals surface area contributed by atoms with Gasteiger partial charge in [-0.3, -0.25) is 14.9 Å². The van der Waals surface area contributed by atoms with Gasteiger partial charge in [-0.2, -0.15) is 4.99 Å². The van der Waals surface area contributed by atoms with Crippen LogP contribution in [0.25, 0.3) is 0 Å². The number of nitrogens with zero attached hydrogens (tertiary/aromatic N) is 2. The van der Waals surface area contributed by atoms with Gasteiger partial charge in [0.2, 0.25) is 11.9 Å². The fourth-order valence-corrected chi connectivity index (χ4v) is 2.27. The standard InChI is InChI=1S/C14H25N7O5.ClH/c1-21(9-7-18-13(19-11(9)23)20-12(16)24)10(22)6-8(15)4-3-5-17-14(25)26-2;/h8-9H,3-7,15H2,1-2H3,(H,17,25)(H4,16,18,19,20,23,24);1H/t8-,9?;/m0./s1. The number of nitrogens with two attached hydrogens (primary N) is 2. The zero-order valence-electron chi connectivity index (χ0n) is 15.2. The number of aliphatic imine (C=N–C) groups is 1. The first-order chi connectivity index (χ1) is 12.2. The van der Waals surface area contributed by atoms with Gasteiger partial charge >= 0.3 is 12.1 Å². The SMILES string of the molecule is COC(=O)NCCC[C@H](N)CC(=O)N(C)C1CNC(NC(N)=O)=NC1=O.Cl. The van der Waals surface area contributed by atoms with Crippen molar-refractivity contribution in [2.24, 2.45) is 16.5 Å². The third-order valence-electron chi connectivity index (χ3n) is 3.72. The smallest absolute Gasteiger partial charge is 0.406 e. The highest BCUT2D eigenvalue weighted by Crippen LogP contribution is 2.08. The van der Waals surface area contributed by atoms with Crippen LogP contribution in [0.4, 0.5) is 9.59 Å². The first kappa shape index (κ1) is 24.4. The second-order valence-electron chi connectivity index (χ2n) is 5.71. The zero-order valence-corrected chi connectivity index (χ0v) is 16.0. The molecule has 154 valence electrons. The van der Waals surface area contributed by atoms with Gasteiger partial charge in [0, 0.05) is 32.6 Å². The van der Waals surface area contributed by atoms with E-state index < -0.39 is 30.1 Å². The van der Waals surface area contributed by atoms with Crippen LogP contribution in [0.3, 0.4) is 0 Å². The number of alkyl carbamates (subject to hydrolysis) is 1. The van der Waals surface area contributed by atoms with Crippen LogP contribution in [0.15, 0.2) is 4.99 Å². The van der Waals surface area contributed by atoms with Crippen molar-refractivity contribution in [2.75, 3.05) is 27.2 Å². The Morgan fingerprint density at radius 1 is 1.44 bits per heavy atom. The van der Waals surface area contributed by atoms with Crippen LogP contribution in [0.5, 0.6) is 0 Å². The van der Waals surface area contributed by atoms with Crippen LogP contribution >= 0.6 is 12.4 Å². The molecule has 0 spiro atoms. The van der Waals surface area contributed by atoms with Crippen LogP contribution in [0.2, 0.25) is 0 Å². The van der Waals surface area contributed by atoms with Crippen molar-refractivity contribution >= 4 is 42.3 Å². The molecule has 1 aliphatic rings. The van der Waals surface area contributed by atoms with Crippen LogP contribution < -0.4 is 27.4 Å². The molecule has 13 heteroatoms. The van der Waals surface area contributed by atoms with Crippen molar-refractivity contribution in [1.29, 1.82) is 0 Å². The molecule has 0 aromatic rings. The number of methoxy groups -OCH3 is 1. The molecular formula is C14H26ClN7O5. The predicted molar refractivity (Wildman–Crippen MR) is 99.2 cm³/mol. The Bertz CT molecular complexity index is 586. The van der Waals surface area contributed by atoms with Crippen LogP contribution in [0.1, 0.15) is 19.3 Å². The van der Waals surface area contributed by atoms with Crippen molar-refractivity contribution in [3.63, 3.8) is 0 Å². The number of guanidine groups is 1. The molecule has 0 bridgehead atoms. The highest BCUT2D eigenvalue weighted by molar-refractivity contribution is 6.04. The lowest BCUT2D eigenvalue weighted by Gasteiger charge is -2.30. The van der Waals surface area contributed by atoms with Gasteiger partial charge in [-0.25, -0.2) is 9.59 Å². The highest BCUT2D eigenvalue weighted by Gasteiger charge is 2.31. The molecule has 0 saturated carbocycles. The normalized spacial score (nSPS) is 16.8. The van der Waals surface area contributed by atoms with E-state index in [4.69, 9.17) is 11.5 Å². The molecule has 0 aromatic carbocycles. The second-order valence-corrected chi connectivity index (χ2v) is 5.71. The van der Waals surface area contributed by atoms with Gasteiger partial charge in [-0.1, -0.05) is 0 Å². The first-order valence-corrected chi connectivity index (χ1v) is 8.00. The van der Waals surface area contributed by atoms with Crippen molar-refractivity contribution in [3.8, 4) is 0 Å². The first-order valence-electron chi connectivity index (χ1n) is 8.00. The number of hydrogen-bond acceptors (Lipinski definition) is 7. The van der Waals surface area contributed by atoms with Crippen LogP contribution in [0, 0.1) is 0 Å². The van der Waals surface area contributed by atoms with Crippen LogP contribution in [-0.2, 0) is 14.3 Å². The Kier molecular flexibility index (Phi) is 10.8. The summed E-state index contributed by atoms with van der Waals surface area (Å²) in [6.07, 6.45) is 0.632. The molecule has 0 fully saturated rings. The van der Waals surface area contributed by atoms with Crippen molar-refractivity contribution in [3.05, 3.63) is 0 Å². The summed E-state index contributed by atoms with van der Waals surface area (Å²) in [5.74, 6) is -0.923. The van der Waals surface area contributed by atoms with Gasteiger partial charge in [0.25, 0.3) is 5.91 Å². The summed E-state index contributed by atoms with van der Waals surface area (Å²) in [4.78, 5) is 50.9. The number of carbonyl (C=O) groups excluding carboxylic acids is 4. The summed E-state index contributed by atoms with van der Waals surface area (Å²) in [5, 5.41) is 7.41. The van der Waals surface area contributed by atoms with E-state index >= 15 is 0 Å². The Balaban J connectivity index is 0.00000676. The third kappa shape index (κ3) is 8.55. The minimum Gasteiger partial charge on any atom is -0.453 e. The average Bonchev–Trinajstić information content (AvgIpc) is 2.57. The zero-order chi connectivity index (χ0) is 19.7. The van der Waals surface area contributed by atoms with E-state index in [1.807, 2.05) is 0 Å². The molecule has 7 N–H and O–H groups in total. The highest BCUT2D eigenvalue weighted by atomic mass is 35.5. The molecule has 0 saturated heterocycles. The number of likely N-dealkylation sites (N-methyl/N-ethyl adjacent to an activating group) is 1. The summed E-state index contributed by atoms with van der Waals surface area (Å²) in [5.41, 5.74) is 10.9. The number of primary amides is 1. The molecule has 0 aliphatic carbocycles. The predicted octanol–water partition coefficient (Wildman–Crippen LogP) is -1.76. The number of hydrogen-bond donors (Lipinski definition) is 5. The second kappa shape index (κ2) is 11.9. The summed E-state index contributed by atoms with van der Waals surface area (Å²) in [7, 11) is 2.76. The number of halogens is 1. The van der Waals surface area contributed by atoms with Crippen LogP contribution in [-0.4, -0.2) is 74.1 Å². The average molecular weight is 408 g/mol. The van der Waals surface area contributed by atoms with Gasteiger partial charge in [-0.15, -0.1) is 12.4 Å². The minimum absolute atomic E-state index is 0. The molecule has 5 amide bonds. The Morgan fingerprint density at radius 3 is 2.67 bits per heavy atom. The van der Waals surface area contributed by atoms with Gasteiger partial charge < -0.3 is 31.7 Å². The summed E-state index contributed by atoms with van der Waals surface area (Å²) >= 11 is 0. The van der Waals surface area contributed by atoms with E-state index in [1.165, 1.54) is 19.1 Å². The third-order valence-corrected chi connectivity index (χ3v) is 3.72. The van der Waals surface area contributed by atoms with Crippen molar-refractivity contribution in [2.45, 2.75) is 31.3 Å². The molecule has 12 nitrogen and oxygen atoms in total. The van der Waals surface area contributed by atoms with E-state index in [9.17, 15) is 19.2 Å². The van der Waals surface area contributed by atoms with Gasteiger partial charge in [0.1, 0.15) is 6.04 Å². The lowest BCUT2D eigenvalue weighted by atomic mass is 10.1. The number of urea groups is 1. The molecule has 1 unspecified atom stereocenters. The molecule has 1 rings (SSSR count). The molecule has 1 aliphatic heterocycles. The number of carbonyl (C=O) groups is 4. The number of ether oxygens (including phenoxy) is 1. The van der Waals surface area contributed by atoms with Gasteiger partial charge in [0.05, 0.1) is 7.11 Å². The van der Waals surface area contributed by atoms with Gasteiger partial charge in [0.15, 0.2) is 0 Å². The van der Waals surface area contributed by atoms with E-state index in [0.29, 0.717) is 19.4 Å². The van der Waals surface area contributed by atoms with E-state index in [2.05, 4.69) is 25.7 Å². The summed E-state index contributed by atoms with van der Waals surface area (Å²) < 4.78 is 4.44. The van der Waals surface area contributed by atoms with E-state index in [1.54, 1.807) is 0 Å². The summed E-state index contributed by atoms with van der Waals surface area (Å²) in [6, 6.07) is -2.06. The number of nitrogens with one attached hydrogen (secondary N) is 3. The van der Waals surface area contributed by atoms with Gasteiger partial charge in [-0.05, 0) is 12.8 Å². The lowest BCUT2D eigenvalue weighted by molar-refractivity contribution is -0.138. The lowest BCUT2D eigenvalue weighted by Crippen LogP contribution is -2.56. The topological polar surface area (TPSA) is 181 Å². The van der Waals surface area contributed by atoms with E-state index in [-0.39, 0.29) is 37.2 Å². The van der Waals surface area contributed by atoms with Crippen molar-refractivity contribution in [1.82, 2.24) is 20.9 Å². The largest absolute Gasteiger partial charge is 0.453 e. The molecule has 2 atom stereocenters. The van der Waals surface area contributed by atoms with E-state index in [0.717, 1.165) is 0 Å².